The number of anilines is 1. The van der Waals surface area contributed by atoms with Gasteiger partial charge in [0, 0.05) is 18.3 Å². The maximum absolute atomic E-state index is 5.93. The van der Waals surface area contributed by atoms with Crippen LogP contribution in [0.3, 0.4) is 0 Å². The number of nitrogens with one attached hydrogen (secondary N) is 1. The molecule has 0 bridgehead atoms. The highest BCUT2D eigenvalue weighted by atomic mass is 16.5. The van der Waals surface area contributed by atoms with Crippen LogP contribution in [0, 0.1) is 0 Å². The van der Waals surface area contributed by atoms with Crippen molar-refractivity contribution in [1.82, 2.24) is 10.3 Å². The summed E-state index contributed by atoms with van der Waals surface area (Å²) in [6.45, 7) is 6.80. The van der Waals surface area contributed by atoms with Crippen molar-refractivity contribution in [2.24, 2.45) is 0 Å². The second-order valence-corrected chi connectivity index (χ2v) is 7.61. The number of rotatable bonds is 6. The van der Waals surface area contributed by atoms with Crippen molar-refractivity contribution in [2.75, 3.05) is 31.3 Å². The molecule has 25 heavy (non-hydrogen) atoms. The average Bonchev–Trinajstić information content (AvgIpc) is 3.28. The zero-order valence-electron chi connectivity index (χ0n) is 15.5. The molecule has 1 fully saturated rings. The number of hydrogen-bond acceptors (Lipinski definition) is 4. The largest absolute Gasteiger partial charge is 0.494 e. The van der Waals surface area contributed by atoms with Crippen LogP contribution in [-0.4, -0.2) is 37.2 Å². The Morgan fingerprint density at radius 2 is 1.80 bits per heavy atom. The van der Waals surface area contributed by atoms with Crippen LogP contribution in [0.2, 0.25) is 0 Å². The van der Waals surface area contributed by atoms with Crippen LogP contribution in [0.15, 0.2) is 35.5 Å². The maximum Gasteiger partial charge on any atom is 0.119 e. The van der Waals surface area contributed by atoms with Gasteiger partial charge >= 0.3 is 0 Å². The molecule has 0 aromatic heterocycles. The molecule has 4 heteroatoms. The van der Waals surface area contributed by atoms with E-state index in [1.165, 1.54) is 69.5 Å². The lowest BCUT2D eigenvalue weighted by molar-refractivity contribution is 0.263. The summed E-state index contributed by atoms with van der Waals surface area (Å²) in [5, 5.41) is 2.30. The Kier molecular flexibility index (Phi) is 5.28. The fourth-order valence-electron chi connectivity index (χ4n) is 4.39. The summed E-state index contributed by atoms with van der Waals surface area (Å²) < 4.78 is 5.93. The Morgan fingerprint density at radius 3 is 2.60 bits per heavy atom. The molecular formula is C21H31N3O. The molecule has 1 atom stereocenters. The molecule has 0 saturated carbocycles. The van der Waals surface area contributed by atoms with Gasteiger partial charge in [-0.15, -0.1) is 0 Å². The first kappa shape index (κ1) is 16.9. The van der Waals surface area contributed by atoms with Crippen LogP contribution in [0.25, 0.3) is 0 Å². The number of hydrazine groups is 1. The molecule has 0 radical (unpaired) electrons. The van der Waals surface area contributed by atoms with Crippen molar-refractivity contribution < 1.29 is 4.74 Å². The molecule has 1 aliphatic carbocycles. The predicted octanol–water partition coefficient (Wildman–Crippen LogP) is 4.09. The van der Waals surface area contributed by atoms with Crippen LogP contribution < -0.4 is 15.2 Å². The summed E-state index contributed by atoms with van der Waals surface area (Å²) in [7, 11) is 0. The van der Waals surface area contributed by atoms with E-state index in [-0.39, 0.29) is 0 Å². The zero-order chi connectivity index (χ0) is 17.1. The van der Waals surface area contributed by atoms with E-state index in [0.717, 1.165) is 18.8 Å². The molecule has 1 saturated heterocycles. The zero-order valence-corrected chi connectivity index (χ0v) is 15.5. The maximum atomic E-state index is 5.93. The van der Waals surface area contributed by atoms with E-state index >= 15 is 0 Å². The molecule has 0 amide bonds. The van der Waals surface area contributed by atoms with Gasteiger partial charge in [-0.1, -0.05) is 0 Å². The Hall–Kier alpha value is -1.52. The first-order valence-electron chi connectivity index (χ1n) is 10.0. The predicted molar refractivity (Wildman–Crippen MR) is 103 cm³/mol. The molecule has 1 aromatic rings. The molecule has 2 heterocycles. The first-order valence-corrected chi connectivity index (χ1v) is 10.0. The molecule has 1 aromatic carbocycles. The second kappa shape index (κ2) is 7.79. The van der Waals surface area contributed by atoms with Gasteiger partial charge in [0.15, 0.2) is 0 Å². The second-order valence-electron chi connectivity index (χ2n) is 7.61. The highest BCUT2D eigenvalue weighted by Crippen LogP contribution is 2.36. The Bertz CT molecular complexity index is 604. The van der Waals surface area contributed by atoms with E-state index in [1.807, 2.05) is 0 Å². The van der Waals surface area contributed by atoms with Crippen molar-refractivity contribution in [3.05, 3.63) is 35.5 Å². The quantitative estimate of drug-likeness (QED) is 0.789. The van der Waals surface area contributed by atoms with Gasteiger partial charge in [0.2, 0.25) is 0 Å². The monoisotopic (exact) mass is 341 g/mol. The summed E-state index contributed by atoms with van der Waals surface area (Å²) >= 11 is 0. The van der Waals surface area contributed by atoms with Crippen molar-refractivity contribution >= 4 is 5.69 Å². The number of nitrogens with zero attached hydrogens (tertiary/aromatic N) is 2. The Balaban J connectivity index is 1.30. The van der Waals surface area contributed by atoms with Crippen LogP contribution in [-0.2, 0) is 0 Å². The molecule has 136 valence electrons. The smallest absolute Gasteiger partial charge is 0.119 e. The van der Waals surface area contributed by atoms with E-state index in [1.54, 1.807) is 5.57 Å². The molecule has 1 N–H and O–H groups in total. The number of benzene rings is 1. The van der Waals surface area contributed by atoms with Crippen LogP contribution in [0.1, 0.15) is 51.9 Å². The number of allylic oxidation sites excluding steroid dienone is 1. The third-order valence-corrected chi connectivity index (χ3v) is 5.78. The van der Waals surface area contributed by atoms with Gasteiger partial charge in [0.25, 0.3) is 0 Å². The summed E-state index contributed by atoms with van der Waals surface area (Å²) in [5.74, 6) is 0.982. The summed E-state index contributed by atoms with van der Waals surface area (Å²) in [6.07, 6.45) is 8.93. The fourth-order valence-corrected chi connectivity index (χ4v) is 4.39. The first-order chi connectivity index (χ1) is 12.3. The van der Waals surface area contributed by atoms with Gasteiger partial charge in [0.05, 0.1) is 12.3 Å². The normalized spacial score (nSPS) is 24.0. The van der Waals surface area contributed by atoms with E-state index in [2.05, 4.69) is 46.5 Å². The lowest BCUT2D eigenvalue weighted by Gasteiger charge is -2.24. The third-order valence-electron chi connectivity index (χ3n) is 5.78. The van der Waals surface area contributed by atoms with Gasteiger partial charge in [-0.2, -0.15) is 0 Å². The highest BCUT2D eigenvalue weighted by Gasteiger charge is 2.30. The van der Waals surface area contributed by atoms with E-state index in [0.29, 0.717) is 6.04 Å². The topological polar surface area (TPSA) is 27.7 Å². The summed E-state index contributed by atoms with van der Waals surface area (Å²) in [4.78, 5) is 2.54. The van der Waals surface area contributed by atoms with Gasteiger partial charge < -0.3 is 9.64 Å². The van der Waals surface area contributed by atoms with E-state index in [9.17, 15) is 0 Å². The summed E-state index contributed by atoms with van der Waals surface area (Å²) in [5.41, 5.74) is 7.96. The standard InChI is InChI=1S/C21H31N3O/c1-17-20-7-2-3-8-21(20)24(22-17)18-9-11-19(12-10-18)25-16-6-15-23-13-4-5-14-23/h9-12,17,22H,2-8,13-16H2,1H3. The number of hydrogen-bond donors (Lipinski definition) is 1. The van der Waals surface area contributed by atoms with E-state index < -0.39 is 0 Å². The lowest BCUT2D eigenvalue weighted by atomic mass is 9.93. The van der Waals surface area contributed by atoms with Gasteiger partial charge in [-0.25, -0.2) is 5.43 Å². The fraction of sp³-hybridized carbons (Fsp3) is 0.619. The van der Waals surface area contributed by atoms with Crippen molar-refractivity contribution in [1.29, 1.82) is 0 Å². The molecule has 1 unspecified atom stereocenters. The van der Waals surface area contributed by atoms with Crippen molar-refractivity contribution in [2.45, 2.75) is 57.9 Å². The van der Waals surface area contributed by atoms with Crippen LogP contribution >= 0.6 is 0 Å². The van der Waals surface area contributed by atoms with Crippen LogP contribution in [0.5, 0.6) is 5.75 Å². The third kappa shape index (κ3) is 3.85. The van der Waals surface area contributed by atoms with Gasteiger partial charge in [-0.3, -0.25) is 5.01 Å². The molecule has 3 aliphatic rings. The molecule has 0 spiro atoms. The highest BCUT2D eigenvalue weighted by molar-refractivity contribution is 5.56. The van der Waals surface area contributed by atoms with Crippen molar-refractivity contribution in [3.8, 4) is 5.75 Å². The minimum Gasteiger partial charge on any atom is -0.494 e. The Labute approximate surface area is 151 Å². The van der Waals surface area contributed by atoms with Crippen molar-refractivity contribution in [3.63, 3.8) is 0 Å². The van der Waals surface area contributed by atoms with Crippen LogP contribution in [0.4, 0.5) is 5.69 Å². The molecule has 4 nitrogen and oxygen atoms in total. The molecule has 4 rings (SSSR count). The lowest BCUT2D eigenvalue weighted by Crippen LogP contribution is -2.35. The number of likely N-dealkylation sites (tertiary alicyclic amines) is 1. The SMILES string of the molecule is CC1NN(c2ccc(OCCCN3CCCC3)cc2)C2=C1CCCC2. The van der Waals surface area contributed by atoms with Gasteiger partial charge in [-0.05, 0) is 94.8 Å². The minimum absolute atomic E-state index is 0.469. The van der Waals surface area contributed by atoms with E-state index in [4.69, 9.17) is 4.74 Å². The Morgan fingerprint density at radius 1 is 1.04 bits per heavy atom. The molecule has 2 aliphatic heterocycles. The number of ether oxygens (including phenoxy) is 1. The summed E-state index contributed by atoms with van der Waals surface area (Å²) in [6, 6.07) is 9.05. The van der Waals surface area contributed by atoms with Gasteiger partial charge in [0.1, 0.15) is 5.75 Å². The molecular weight excluding hydrogens is 310 g/mol. The average molecular weight is 341 g/mol. The minimum atomic E-state index is 0.469.